The average Bonchev–Trinajstić information content (AvgIpc) is 2.72. The minimum absolute atomic E-state index is 0.0566. The Balaban J connectivity index is 2.42. The van der Waals surface area contributed by atoms with Crippen LogP contribution < -0.4 is 29.1 Å². The van der Waals surface area contributed by atoms with Crippen molar-refractivity contribution in [3.8, 4) is 45.8 Å². The highest BCUT2D eigenvalue weighted by Crippen LogP contribution is 2.43. The lowest BCUT2D eigenvalue weighted by atomic mass is 10.1. The summed E-state index contributed by atoms with van der Waals surface area (Å²) in [4.78, 5) is 13.1. The second-order valence-corrected chi connectivity index (χ2v) is 5.72. The van der Waals surface area contributed by atoms with Crippen molar-refractivity contribution >= 4 is 11.0 Å². The number of fused-ring (bicyclic) bond motifs is 1. The molecule has 3 aromatic rings. The Hall–Kier alpha value is -3.55. The third-order valence-electron chi connectivity index (χ3n) is 4.30. The molecule has 1 heterocycles. The number of phenolic OH excluding ortho intramolecular Hbond substituents is 1. The molecule has 0 amide bonds. The Morgan fingerprint density at radius 1 is 0.786 bits per heavy atom. The van der Waals surface area contributed by atoms with Gasteiger partial charge >= 0.3 is 0 Å². The maximum absolute atomic E-state index is 13.1. The summed E-state index contributed by atoms with van der Waals surface area (Å²) in [6.45, 7) is 0. The molecule has 0 spiro atoms. The third kappa shape index (κ3) is 3.02. The van der Waals surface area contributed by atoms with Crippen molar-refractivity contribution in [3.05, 3.63) is 34.5 Å². The van der Waals surface area contributed by atoms with Gasteiger partial charge in [0, 0.05) is 18.2 Å². The number of hydrogen-bond acceptors (Lipinski definition) is 8. The minimum Gasteiger partial charge on any atom is -0.504 e. The van der Waals surface area contributed by atoms with E-state index in [0.717, 1.165) is 0 Å². The molecule has 0 bridgehead atoms. The highest BCUT2D eigenvalue weighted by molar-refractivity contribution is 5.89. The summed E-state index contributed by atoms with van der Waals surface area (Å²) in [5.41, 5.74) is 0.114. The molecular formula is C20H20O8. The number of rotatable bonds is 6. The van der Waals surface area contributed by atoms with Gasteiger partial charge in [0.25, 0.3) is 0 Å². The molecule has 8 heteroatoms. The monoisotopic (exact) mass is 388 g/mol. The van der Waals surface area contributed by atoms with Crippen LogP contribution in [0.4, 0.5) is 0 Å². The molecule has 148 valence electrons. The zero-order chi connectivity index (χ0) is 20.4. The van der Waals surface area contributed by atoms with Crippen molar-refractivity contribution in [2.45, 2.75) is 0 Å². The molecule has 28 heavy (non-hydrogen) atoms. The van der Waals surface area contributed by atoms with Gasteiger partial charge in [0.1, 0.15) is 28.2 Å². The number of hydrogen-bond donors (Lipinski definition) is 1. The van der Waals surface area contributed by atoms with Gasteiger partial charge in [0.05, 0.1) is 41.1 Å². The molecule has 0 aliphatic carbocycles. The molecule has 1 N–H and O–H groups in total. The molecule has 8 nitrogen and oxygen atoms in total. The van der Waals surface area contributed by atoms with Crippen LogP contribution in [0.3, 0.4) is 0 Å². The topological polar surface area (TPSA) is 96.6 Å². The molecule has 0 atom stereocenters. The van der Waals surface area contributed by atoms with Crippen molar-refractivity contribution in [2.24, 2.45) is 0 Å². The van der Waals surface area contributed by atoms with Gasteiger partial charge < -0.3 is 33.2 Å². The standard InChI is InChI=1S/C20H20O8/c1-23-10-6-15(26-4)17-16(7-10)28-19(20(27-5)18(17)22)11-8-12(21)14(25-3)9-13(11)24-2/h6-9,21H,1-5H3. The average molecular weight is 388 g/mol. The van der Waals surface area contributed by atoms with Crippen LogP contribution in [0.1, 0.15) is 0 Å². The first kappa shape index (κ1) is 19.2. The van der Waals surface area contributed by atoms with Crippen LogP contribution in [0.5, 0.6) is 34.5 Å². The van der Waals surface area contributed by atoms with Gasteiger partial charge in [-0.05, 0) is 6.07 Å². The first-order valence-corrected chi connectivity index (χ1v) is 8.21. The molecule has 0 radical (unpaired) electrons. The summed E-state index contributed by atoms with van der Waals surface area (Å²) in [6, 6.07) is 6.01. The molecular weight excluding hydrogens is 368 g/mol. The smallest absolute Gasteiger partial charge is 0.239 e. The van der Waals surface area contributed by atoms with E-state index >= 15 is 0 Å². The van der Waals surface area contributed by atoms with E-state index in [1.165, 1.54) is 47.7 Å². The largest absolute Gasteiger partial charge is 0.504 e. The van der Waals surface area contributed by atoms with Gasteiger partial charge in [-0.1, -0.05) is 0 Å². The Morgan fingerprint density at radius 2 is 1.46 bits per heavy atom. The van der Waals surface area contributed by atoms with E-state index in [9.17, 15) is 9.90 Å². The van der Waals surface area contributed by atoms with E-state index in [0.29, 0.717) is 17.1 Å². The van der Waals surface area contributed by atoms with Crippen LogP contribution in [0.2, 0.25) is 0 Å². The summed E-state index contributed by atoms with van der Waals surface area (Å²) < 4.78 is 32.4. The highest BCUT2D eigenvalue weighted by atomic mass is 16.5. The van der Waals surface area contributed by atoms with Crippen molar-refractivity contribution in [2.75, 3.05) is 35.5 Å². The SMILES string of the molecule is COc1cc(OC)c2c(=O)c(OC)c(-c3cc(O)c(OC)cc3OC)oc2c1. The lowest BCUT2D eigenvalue weighted by Crippen LogP contribution is -2.09. The summed E-state index contributed by atoms with van der Waals surface area (Å²) in [5.74, 6) is 1.16. The predicted molar refractivity (Wildman–Crippen MR) is 102 cm³/mol. The first-order valence-electron chi connectivity index (χ1n) is 8.21. The number of phenols is 1. The van der Waals surface area contributed by atoms with Crippen molar-refractivity contribution in [3.63, 3.8) is 0 Å². The van der Waals surface area contributed by atoms with Crippen molar-refractivity contribution in [1.82, 2.24) is 0 Å². The molecule has 0 fully saturated rings. The zero-order valence-electron chi connectivity index (χ0n) is 16.1. The molecule has 0 saturated heterocycles. The number of ether oxygens (including phenoxy) is 5. The van der Waals surface area contributed by atoms with E-state index in [1.807, 2.05) is 0 Å². The van der Waals surface area contributed by atoms with Crippen LogP contribution in [0.25, 0.3) is 22.3 Å². The van der Waals surface area contributed by atoms with Crippen molar-refractivity contribution in [1.29, 1.82) is 0 Å². The molecule has 0 aliphatic heterocycles. The van der Waals surface area contributed by atoms with Gasteiger partial charge in [0.2, 0.25) is 11.2 Å². The van der Waals surface area contributed by atoms with E-state index in [2.05, 4.69) is 0 Å². The fourth-order valence-corrected chi connectivity index (χ4v) is 2.94. The lowest BCUT2D eigenvalue weighted by Gasteiger charge is -2.15. The molecule has 0 unspecified atom stereocenters. The van der Waals surface area contributed by atoms with Crippen molar-refractivity contribution < 1.29 is 33.2 Å². The molecule has 2 aromatic carbocycles. The van der Waals surface area contributed by atoms with E-state index in [1.54, 1.807) is 12.1 Å². The maximum atomic E-state index is 13.1. The van der Waals surface area contributed by atoms with E-state index in [4.69, 9.17) is 28.1 Å². The van der Waals surface area contributed by atoms with E-state index in [-0.39, 0.29) is 39.7 Å². The van der Waals surface area contributed by atoms with Gasteiger partial charge in [-0.3, -0.25) is 4.79 Å². The fraction of sp³-hybridized carbons (Fsp3) is 0.250. The van der Waals surface area contributed by atoms with Crippen LogP contribution >= 0.6 is 0 Å². The van der Waals surface area contributed by atoms with Crippen LogP contribution in [-0.4, -0.2) is 40.7 Å². The predicted octanol–water partition coefficient (Wildman–Crippen LogP) is 3.21. The zero-order valence-corrected chi connectivity index (χ0v) is 16.1. The van der Waals surface area contributed by atoms with Crippen LogP contribution in [0.15, 0.2) is 33.5 Å². The molecule has 1 aromatic heterocycles. The summed E-state index contributed by atoms with van der Waals surface area (Å²) >= 11 is 0. The van der Waals surface area contributed by atoms with Crippen LogP contribution in [0, 0.1) is 0 Å². The lowest BCUT2D eigenvalue weighted by molar-refractivity contribution is 0.363. The minimum atomic E-state index is -0.435. The Bertz CT molecular complexity index is 1080. The summed E-state index contributed by atoms with van der Waals surface area (Å²) in [6.07, 6.45) is 0. The molecule has 0 aliphatic rings. The van der Waals surface area contributed by atoms with Gasteiger partial charge in [0.15, 0.2) is 17.3 Å². The maximum Gasteiger partial charge on any atom is 0.239 e. The summed E-state index contributed by atoms with van der Waals surface area (Å²) in [7, 11) is 7.16. The van der Waals surface area contributed by atoms with Gasteiger partial charge in [-0.2, -0.15) is 0 Å². The van der Waals surface area contributed by atoms with Crippen LogP contribution in [-0.2, 0) is 0 Å². The Morgan fingerprint density at radius 3 is 2.04 bits per heavy atom. The number of aromatic hydroxyl groups is 1. The first-order chi connectivity index (χ1) is 13.5. The highest BCUT2D eigenvalue weighted by Gasteiger charge is 2.24. The normalized spacial score (nSPS) is 10.6. The molecule has 0 saturated carbocycles. The Labute approximate surface area is 160 Å². The second-order valence-electron chi connectivity index (χ2n) is 5.72. The van der Waals surface area contributed by atoms with Gasteiger partial charge in [-0.15, -0.1) is 0 Å². The van der Waals surface area contributed by atoms with E-state index < -0.39 is 5.43 Å². The number of benzene rings is 2. The quantitative estimate of drug-likeness (QED) is 0.688. The second kappa shape index (κ2) is 7.59. The Kier molecular flexibility index (Phi) is 5.21. The number of methoxy groups -OCH3 is 5. The fourth-order valence-electron chi connectivity index (χ4n) is 2.94. The third-order valence-corrected chi connectivity index (χ3v) is 4.30. The molecule has 3 rings (SSSR count). The summed E-state index contributed by atoms with van der Waals surface area (Å²) in [5, 5.41) is 10.4. The van der Waals surface area contributed by atoms with Gasteiger partial charge in [-0.25, -0.2) is 0 Å².